The third-order valence-electron chi connectivity index (χ3n) is 3.89. The summed E-state index contributed by atoms with van der Waals surface area (Å²) in [5, 5.41) is 11.9. The zero-order valence-electron chi connectivity index (χ0n) is 16.2. The van der Waals surface area contributed by atoms with E-state index in [1.807, 2.05) is 6.92 Å². The molecule has 0 spiro atoms. The van der Waals surface area contributed by atoms with Crippen molar-refractivity contribution >= 4 is 21.6 Å². The van der Waals surface area contributed by atoms with E-state index < -0.39 is 15.6 Å². The number of amides is 1. The van der Waals surface area contributed by atoms with Gasteiger partial charge in [-0.15, -0.1) is 0 Å². The molecule has 0 atom stereocenters. The molecule has 2 rings (SSSR count). The van der Waals surface area contributed by atoms with Crippen molar-refractivity contribution in [1.29, 1.82) is 0 Å². The van der Waals surface area contributed by atoms with E-state index in [9.17, 15) is 18.3 Å². The summed E-state index contributed by atoms with van der Waals surface area (Å²) in [6.45, 7) is 5.65. The third-order valence-corrected chi connectivity index (χ3v) is 5.29. The fraction of sp³-hybridized carbons (Fsp3) is 0.350. The molecular formula is C20H26N2O5S. The minimum atomic E-state index is -3.72. The Hall–Kier alpha value is -2.58. The number of hydrogen-bond acceptors (Lipinski definition) is 5. The van der Waals surface area contributed by atoms with E-state index >= 15 is 0 Å². The van der Waals surface area contributed by atoms with Crippen molar-refractivity contribution < 1.29 is 23.1 Å². The molecule has 0 radical (unpaired) electrons. The first kappa shape index (κ1) is 21.7. The molecule has 152 valence electrons. The smallest absolute Gasteiger partial charge is 0.261 e. The maximum absolute atomic E-state index is 12.5. The lowest BCUT2D eigenvalue weighted by Crippen LogP contribution is -2.46. The zero-order chi connectivity index (χ0) is 20.8. The van der Waals surface area contributed by atoms with Crippen LogP contribution in [-0.4, -0.2) is 38.2 Å². The van der Waals surface area contributed by atoms with Gasteiger partial charge in [0.1, 0.15) is 5.75 Å². The Morgan fingerprint density at radius 1 is 1.07 bits per heavy atom. The highest BCUT2D eigenvalue weighted by Crippen LogP contribution is 2.20. The molecule has 0 aliphatic rings. The van der Waals surface area contributed by atoms with E-state index in [2.05, 4.69) is 10.0 Å². The van der Waals surface area contributed by atoms with Crippen LogP contribution in [0.2, 0.25) is 0 Å². The topological polar surface area (TPSA) is 105 Å². The lowest BCUT2D eigenvalue weighted by Gasteiger charge is -2.23. The van der Waals surface area contributed by atoms with Gasteiger partial charge >= 0.3 is 0 Å². The van der Waals surface area contributed by atoms with Crippen LogP contribution in [0.15, 0.2) is 53.4 Å². The summed E-state index contributed by atoms with van der Waals surface area (Å²) < 4.78 is 32.8. The number of carbonyl (C=O) groups excluding carboxylic acids is 1. The molecule has 0 fully saturated rings. The van der Waals surface area contributed by atoms with Crippen LogP contribution < -0.4 is 14.8 Å². The van der Waals surface area contributed by atoms with Crippen LogP contribution in [0.3, 0.4) is 0 Å². The maximum Gasteiger partial charge on any atom is 0.261 e. The number of anilines is 1. The molecular weight excluding hydrogens is 380 g/mol. The predicted molar refractivity (Wildman–Crippen MR) is 108 cm³/mol. The van der Waals surface area contributed by atoms with Crippen molar-refractivity contribution in [3.63, 3.8) is 0 Å². The summed E-state index contributed by atoms with van der Waals surface area (Å²) in [7, 11) is -3.72. The van der Waals surface area contributed by atoms with Gasteiger partial charge in [0.05, 0.1) is 30.1 Å². The second kappa shape index (κ2) is 9.07. The number of carbonyl (C=O) groups is 1. The van der Waals surface area contributed by atoms with Gasteiger partial charge in [-0.25, -0.2) is 8.42 Å². The van der Waals surface area contributed by atoms with Gasteiger partial charge in [-0.2, -0.15) is 0 Å². The third kappa shape index (κ3) is 6.24. The van der Waals surface area contributed by atoms with Gasteiger partial charge in [0.15, 0.2) is 0 Å². The molecule has 0 saturated heterocycles. The predicted octanol–water partition coefficient (Wildman–Crippen LogP) is 2.32. The summed E-state index contributed by atoms with van der Waals surface area (Å²) in [4.78, 5) is 12.1. The van der Waals surface area contributed by atoms with Gasteiger partial charge in [-0.1, -0.05) is 12.1 Å². The molecule has 0 aliphatic carbocycles. The molecule has 2 aromatic rings. The average Bonchev–Trinajstić information content (AvgIpc) is 2.63. The van der Waals surface area contributed by atoms with E-state index in [4.69, 9.17) is 4.74 Å². The van der Waals surface area contributed by atoms with Crippen molar-refractivity contribution in [3.8, 4) is 5.75 Å². The monoisotopic (exact) mass is 406 g/mol. The van der Waals surface area contributed by atoms with Crippen LogP contribution in [0.5, 0.6) is 5.75 Å². The molecule has 28 heavy (non-hydrogen) atoms. The highest BCUT2D eigenvalue weighted by atomic mass is 32.2. The molecule has 0 heterocycles. The van der Waals surface area contributed by atoms with Crippen molar-refractivity contribution in [1.82, 2.24) is 5.32 Å². The fourth-order valence-corrected chi connectivity index (χ4v) is 3.49. The first-order chi connectivity index (χ1) is 13.1. The molecule has 0 saturated carbocycles. The number of nitrogens with one attached hydrogen (secondary N) is 2. The number of benzene rings is 2. The molecule has 0 aromatic heterocycles. The van der Waals surface area contributed by atoms with E-state index in [1.165, 1.54) is 12.1 Å². The first-order valence-corrected chi connectivity index (χ1v) is 10.4. The Morgan fingerprint density at radius 2 is 1.68 bits per heavy atom. The Morgan fingerprint density at radius 3 is 2.21 bits per heavy atom. The summed E-state index contributed by atoms with van der Waals surface area (Å²) in [5.41, 5.74) is 0.439. The highest BCUT2D eigenvalue weighted by molar-refractivity contribution is 7.92. The molecule has 7 nitrogen and oxygen atoms in total. The van der Waals surface area contributed by atoms with E-state index in [-0.39, 0.29) is 23.8 Å². The van der Waals surface area contributed by atoms with Crippen LogP contribution in [0.1, 0.15) is 26.3 Å². The van der Waals surface area contributed by atoms with Crippen LogP contribution in [0.4, 0.5) is 5.69 Å². The summed E-state index contributed by atoms with van der Waals surface area (Å²) >= 11 is 0. The molecule has 3 N–H and O–H groups in total. The van der Waals surface area contributed by atoms with E-state index in [0.29, 0.717) is 18.0 Å². The molecule has 0 unspecified atom stereocenters. The van der Waals surface area contributed by atoms with Gasteiger partial charge in [0.2, 0.25) is 5.91 Å². The molecule has 1 amide bonds. The Bertz CT molecular complexity index is 891. The number of ether oxygens (including phenoxy) is 1. The maximum atomic E-state index is 12.5. The second-order valence-corrected chi connectivity index (χ2v) is 8.66. The van der Waals surface area contributed by atoms with Gasteiger partial charge < -0.3 is 15.2 Å². The average molecular weight is 407 g/mol. The number of sulfonamides is 1. The second-order valence-electron chi connectivity index (χ2n) is 6.97. The summed E-state index contributed by atoms with van der Waals surface area (Å²) in [6.07, 6.45) is 0.134. The van der Waals surface area contributed by atoms with Crippen LogP contribution in [-0.2, 0) is 21.2 Å². The van der Waals surface area contributed by atoms with Gasteiger partial charge in [-0.3, -0.25) is 9.52 Å². The lowest BCUT2D eigenvalue weighted by atomic mass is 10.1. The van der Waals surface area contributed by atoms with Gasteiger partial charge in [-0.05, 0) is 62.7 Å². The Labute approximate surface area is 165 Å². The van der Waals surface area contributed by atoms with Crippen LogP contribution in [0, 0.1) is 0 Å². The van der Waals surface area contributed by atoms with Crippen molar-refractivity contribution in [3.05, 3.63) is 54.1 Å². The number of rotatable bonds is 9. The first-order valence-electron chi connectivity index (χ1n) is 8.92. The van der Waals surface area contributed by atoms with E-state index in [1.54, 1.807) is 50.2 Å². The number of hydrogen-bond donors (Lipinski definition) is 3. The minimum absolute atomic E-state index is 0.130. The summed E-state index contributed by atoms with van der Waals surface area (Å²) in [5.74, 6) is 0.384. The van der Waals surface area contributed by atoms with Crippen LogP contribution >= 0.6 is 0 Å². The minimum Gasteiger partial charge on any atom is -0.494 e. The van der Waals surface area contributed by atoms with Gasteiger partial charge in [0, 0.05) is 5.69 Å². The summed E-state index contributed by atoms with van der Waals surface area (Å²) in [6, 6.07) is 12.7. The number of aliphatic hydroxyl groups excluding tert-OH is 1. The Balaban J connectivity index is 2.02. The number of aliphatic hydroxyl groups is 1. The fourth-order valence-electron chi connectivity index (χ4n) is 2.43. The zero-order valence-corrected chi connectivity index (χ0v) is 17.0. The van der Waals surface area contributed by atoms with E-state index in [0.717, 1.165) is 5.56 Å². The van der Waals surface area contributed by atoms with Crippen molar-refractivity contribution in [2.24, 2.45) is 0 Å². The van der Waals surface area contributed by atoms with Crippen molar-refractivity contribution in [2.45, 2.75) is 37.6 Å². The normalized spacial score (nSPS) is 11.7. The largest absolute Gasteiger partial charge is 0.494 e. The SMILES string of the molecule is CCOc1ccc(S(=O)(=O)Nc2ccc(CC(=O)NC(C)(C)CO)cc2)cc1. The molecule has 8 heteroatoms. The van der Waals surface area contributed by atoms with Gasteiger partial charge in [0.25, 0.3) is 10.0 Å². The lowest BCUT2D eigenvalue weighted by molar-refractivity contribution is -0.122. The molecule has 2 aromatic carbocycles. The molecule has 0 aliphatic heterocycles. The quantitative estimate of drug-likeness (QED) is 0.593. The Kier molecular flexibility index (Phi) is 7.04. The standard InChI is InChI=1S/C20H26N2O5S/c1-4-27-17-9-11-18(12-10-17)28(25,26)22-16-7-5-15(6-8-16)13-19(24)21-20(2,3)14-23/h5-12,22-23H,4,13-14H2,1-3H3,(H,21,24). The van der Waals surface area contributed by atoms with Crippen LogP contribution in [0.25, 0.3) is 0 Å². The van der Waals surface area contributed by atoms with Crippen molar-refractivity contribution in [2.75, 3.05) is 17.9 Å². The molecule has 0 bridgehead atoms. The highest BCUT2D eigenvalue weighted by Gasteiger charge is 2.19.